The van der Waals surface area contributed by atoms with Crippen LogP contribution in [0.2, 0.25) is 0 Å². The van der Waals surface area contributed by atoms with Gasteiger partial charge in [0.05, 0.1) is 18.9 Å². The van der Waals surface area contributed by atoms with Crippen molar-refractivity contribution in [1.82, 2.24) is 15.2 Å². The quantitative estimate of drug-likeness (QED) is 0.527. The van der Waals surface area contributed by atoms with Crippen LogP contribution < -0.4 is 5.32 Å². The molecule has 0 aliphatic carbocycles. The van der Waals surface area contributed by atoms with Crippen LogP contribution in [0, 0.1) is 0 Å². The van der Waals surface area contributed by atoms with Crippen LogP contribution in [-0.2, 0) is 27.2 Å². The summed E-state index contributed by atoms with van der Waals surface area (Å²) < 4.78 is 4.94. The number of likely N-dealkylation sites (N-methyl/N-ethyl adjacent to an activating group) is 1. The number of H-pyrrole nitrogens is 1. The number of fused-ring (bicyclic) bond motifs is 1. The molecule has 158 valence electrons. The van der Waals surface area contributed by atoms with Gasteiger partial charge in [-0.3, -0.25) is 9.59 Å². The Morgan fingerprint density at radius 2 is 1.90 bits per heavy atom. The van der Waals surface area contributed by atoms with Crippen molar-refractivity contribution in [2.45, 2.75) is 31.7 Å². The fourth-order valence-corrected chi connectivity index (χ4v) is 2.94. The van der Waals surface area contributed by atoms with E-state index in [-0.39, 0.29) is 25.0 Å². The fourth-order valence-electron chi connectivity index (χ4n) is 2.94. The zero-order valence-corrected chi connectivity index (χ0v) is 16.6. The highest BCUT2D eigenvalue weighted by atomic mass is 16.6. The topological polar surface area (TPSA) is 132 Å². The van der Waals surface area contributed by atoms with Gasteiger partial charge in [-0.1, -0.05) is 6.07 Å². The van der Waals surface area contributed by atoms with Gasteiger partial charge < -0.3 is 30.2 Å². The number of aromatic amines is 1. The van der Waals surface area contributed by atoms with E-state index in [2.05, 4.69) is 53.7 Å². The summed E-state index contributed by atoms with van der Waals surface area (Å²) in [6, 6.07) is 6.53. The summed E-state index contributed by atoms with van der Waals surface area (Å²) in [6.07, 6.45) is 3.03. The maximum absolute atomic E-state index is 11.1. The number of hydrogen-bond donors (Lipinski definition) is 4. The van der Waals surface area contributed by atoms with Crippen molar-refractivity contribution in [3.8, 4) is 0 Å². The first-order chi connectivity index (χ1) is 13.7. The molecule has 9 heteroatoms. The Labute approximate surface area is 168 Å². The predicted molar refractivity (Wildman–Crippen MR) is 107 cm³/mol. The summed E-state index contributed by atoms with van der Waals surface area (Å²) >= 11 is 0. The van der Waals surface area contributed by atoms with Gasteiger partial charge in [-0.2, -0.15) is 0 Å². The highest BCUT2D eigenvalue weighted by Gasteiger charge is 2.22. The maximum atomic E-state index is 11.1. The molecule has 0 unspecified atom stereocenters. The van der Waals surface area contributed by atoms with Gasteiger partial charge in [0.2, 0.25) is 0 Å². The number of carbonyl (C=O) groups excluding carboxylic acids is 1. The number of nitrogens with zero attached hydrogens (tertiary/aromatic N) is 1. The lowest BCUT2D eigenvalue weighted by molar-refractivity contribution is -0.143. The van der Waals surface area contributed by atoms with Crippen molar-refractivity contribution < 1.29 is 29.3 Å². The molecule has 0 spiro atoms. The number of cyclic esters (lactones) is 1. The van der Waals surface area contributed by atoms with Crippen molar-refractivity contribution in [3.05, 3.63) is 35.5 Å². The van der Waals surface area contributed by atoms with Gasteiger partial charge in [0, 0.05) is 23.6 Å². The van der Waals surface area contributed by atoms with E-state index >= 15 is 0 Å². The number of benzene rings is 1. The number of amides is 1. The number of alkyl carbamates (subject to hydrolysis) is 1. The minimum Gasteiger partial charge on any atom is -0.481 e. The zero-order valence-electron chi connectivity index (χ0n) is 16.6. The highest BCUT2D eigenvalue weighted by molar-refractivity contribution is 5.84. The second kappa shape index (κ2) is 10.5. The molecule has 1 amide bonds. The first kappa shape index (κ1) is 22.2. The second-order valence-electron chi connectivity index (χ2n) is 7.18. The minimum atomic E-state index is -1.08. The number of aromatic nitrogens is 1. The molecule has 4 N–H and O–H groups in total. The van der Waals surface area contributed by atoms with Crippen LogP contribution in [0.15, 0.2) is 24.4 Å². The molecule has 1 atom stereocenters. The molecule has 1 aromatic carbocycles. The van der Waals surface area contributed by atoms with Crippen LogP contribution in [0.3, 0.4) is 0 Å². The van der Waals surface area contributed by atoms with E-state index in [0.717, 1.165) is 19.4 Å². The minimum absolute atomic E-state index is 0.0825. The Balaban J connectivity index is 0.000000321. The SMILES string of the molecule is CN(C)CCc1c[nH]c2ccc(C[C@H]3COC(=O)N3)cc12.O=C(O)CCC(=O)O. The Kier molecular flexibility index (Phi) is 8.02. The third kappa shape index (κ3) is 7.46. The Bertz CT molecular complexity index is 847. The molecular formula is C20H27N3O6. The van der Waals surface area contributed by atoms with Gasteiger partial charge >= 0.3 is 18.0 Å². The highest BCUT2D eigenvalue weighted by Crippen LogP contribution is 2.21. The lowest BCUT2D eigenvalue weighted by atomic mass is 10.0. The number of carboxylic acids is 2. The standard InChI is InChI=1S/C16H21N3O2.C4H6O4/c1-19(2)6-5-12-9-17-15-4-3-11(8-14(12)15)7-13-10-21-16(20)18-13;5-3(6)1-2-4(7)8/h3-4,8-9,13,17H,5-7,10H2,1-2H3,(H,18,20);1-2H2,(H,5,6)(H,7,8)/t13-;/m0./s1. The molecule has 29 heavy (non-hydrogen) atoms. The van der Waals surface area contributed by atoms with E-state index in [1.54, 1.807) is 0 Å². The Hall–Kier alpha value is -3.07. The van der Waals surface area contributed by atoms with Crippen LogP contribution >= 0.6 is 0 Å². The van der Waals surface area contributed by atoms with Gasteiger partial charge in [0.15, 0.2) is 0 Å². The lowest BCUT2D eigenvalue weighted by Gasteiger charge is -2.09. The third-order valence-electron chi connectivity index (χ3n) is 4.43. The number of nitrogens with one attached hydrogen (secondary N) is 2. The summed E-state index contributed by atoms with van der Waals surface area (Å²) in [4.78, 5) is 35.9. The number of aliphatic carboxylic acids is 2. The van der Waals surface area contributed by atoms with E-state index in [9.17, 15) is 14.4 Å². The summed E-state index contributed by atoms with van der Waals surface area (Å²) in [5, 5.41) is 19.9. The second-order valence-corrected chi connectivity index (χ2v) is 7.18. The van der Waals surface area contributed by atoms with Crippen LogP contribution in [-0.4, -0.2) is 71.4 Å². The summed E-state index contributed by atoms with van der Waals surface area (Å²) in [5.74, 6) is -2.15. The maximum Gasteiger partial charge on any atom is 0.407 e. The van der Waals surface area contributed by atoms with Crippen molar-refractivity contribution in [2.24, 2.45) is 0 Å². The smallest absolute Gasteiger partial charge is 0.407 e. The lowest BCUT2D eigenvalue weighted by Crippen LogP contribution is -2.28. The molecule has 1 aliphatic rings. The van der Waals surface area contributed by atoms with Crippen LogP contribution in [0.1, 0.15) is 24.0 Å². The van der Waals surface area contributed by atoms with Gasteiger partial charge in [-0.15, -0.1) is 0 Å². The monoisotopic (exact) mass is 405 g/mol. The average Bonchev–Trinajstić information content (AvgIpc) is 3.24. The van der Waals surface area contributed by atoms with Gasteiger partial charge in [-0.25, -0.2) is 4.79 Å². The molecular weight excluding hydrogens is 378 g/mol. The first-order valence-corrected chi connectivity index (χ1v) is 9.35. The third-order valence-corrected chi connectivity index (χ3v) is 4.43. The van der Waals surface area contributed by atoms with E-state index in [4.69, 9.17) is 14.9 Å². The van der Waals surface area contributed by atoms with Crippen molar-refractivity contribution in [1.29, 1.82) is 0 Å². The molecule has 0 bridgehead atoms. The molecule has 2 heterocycles. The zero-order chi connectivity index (χ0) is 21.4. The van der Waals surface area contributed by atoms with E-state index in [1.807, 2.05) is 0 Å². The molecule has 0 radical (unpaired) electrons. The molecule has 0 saturated carbocycles. The number of carboxylic acid groups (broad SMARTS) is 2. The summed E-state index contributed by atoms with van der Waals surface area (Å²) in [5.41, 5.74) is 3.73. The van der Waals surface area contributed by atoms with Crippen molar-refractivity contribution in [3.63, 3.8) is 0 Å². The Morgan fingerprint density at radius 3 is 2.45 bits per heavy atom. The number of ether oxygens (including phenoxy) is 1. The van der Waals surface area contributed by atoms with Gasteiger partial charge in [-0.05, 0) is 50.2 Å². The summed E-state index contributed by atoms with van der Waals surface area (Å²) in [6.45, 7) is 1.49. The fraction of sp³-hybridized carbons (Fsp3) is 0.450. The van der Waals surface area contributed by atoms with Crippen LogP contribution in [0.5, 0.6) is 0 Å². The Morgan fingerprint density at radius 1 is 1.21 bits per heavy atom. The average molecular weight is 405 g/mol. The molecule has 1 aliphatic heterocycles. The van der Waals surface area contributed by atoms with E-state index in [0.29, 0.717) is 6.61 Å². The molecule has 2 aromatic rings. The number of hydrogen-bond acceptors (Lipinski definition) is 5. The first-order valence-electron chi connectivity index (χ1n) is 9.35. The largest absolute Gasteiger partial charge is 0.481 e. The predicted octanol–water partition coefficient (Wildman–Crippen LogP) is 1.86. The van der Waals surface area contributed by atoms with Crippen molar-refractivity contribution in [2.75, 3.05) is 27.2 Å². The summed E-state index contributed by atoms with van der Waals surface area (Å²) in [7, 11) is 4.17. The van der Waals surface area contributed by atoms with E-state index < -0.39 is 11.9 Å². The van der Waals surface area contributed by atoms with E-state index in [1.165, 1.54) is 22.0 Å². The van der Waals surface area contributed by atoms with Crippen LogP contribution in [0.4, 0.5) is 4.79 Å². The molecule has 9 nitrogen and oxygen atoms in total. The molecule has 1 saturated heterocycles. The normalized spacial score (nSPS) is 15.6. The number of carbonyl (C=O) groups is 3. The van der Waals surface area contributed by atoms with Crippen molar-refractivity contribution >= 4 is 28.9 Å². The molecule has 1 aromatic heterocycles. The van der Waals surface area contributed by atoms with Gasteiger partial charge in [0.25, 0.3) is 0 Å². The van der Waals surface area contributed by atoms with Crippen LogP contribution in [0.25, 0.3) is 10.9 Å². The van der Waals surface area contributed by atoms with Gasteiger partial charge in [0.1, 0.15) is 6.61 Å². The number of rotatable bonds is 8. The molecule has 1 fully saturated rings. The molecule has 3 rings (SSSR count).